The highest BCUT2D eigenvalue weighted by Gasteiger charge is 2.39. The van der Waals surface area contributed by atoms with E-state index in [1.165, 1.54) is 0 Å². The van der Waals surface area contributed by atoms with Crippen molar-refractivity contribution in [1.82, 2.24) is 9.55 Å². The van der Waals surface area contributed by atoms with Crippen LogP contribution in [-0.4, -0.2) is 28.2 Å². The van der Waals surface area contributed by atoms with E-state index in [0.29, 0.717) is 0 Å². The van der Waals surface area contributed by atoms with Gasteiger partial charge in [0.1, 0.15) is 0 Å². The first-order valence-electron chi connectivity index (χ1n) is 5.23. The summed E-state index contributed by atoms with van der Waals surface area (Å²) < 4.78 is 2.15. The van der Waals surface area contributed by atoms with Crippen molar-refractivity contribution in [3.8, 4) is 0 Å². The van der Waals surface area contributed by atoms with E-state index in [1.54, 1.807) is 0 Å². The Kier molecular flexibility index (Phi) is 2.23. The number of hydrogen-bond acceptors (Lipinski definition) is 3. The normalized spacial score (nSPS) is 19.5. The number of nitrogens with zero attached hydrogens (tertiary/aromatic N) is 3. The first-order chi connectivity index (χ1) is 6.68. The lowest BCUT2D eigenvalue weighted by atomic mass is 9.89. The van der Waals surface area contributed by atoms with Crippen molar-refractivity contribution in [3.63, 3.8) is 0 Å². The molecule has 0 bridgehead atoms. The molecule has 1 aromatic rings. The van der Waals surface area contributed by atoms with Crippen molar-refractivity contribution in [2.75, 3.05) is 18.0 Å². The van der Waals surface area contributed by atoms with Crippen LogP contribution in [-0.2, 0) is 6.54 Å². The molecule has 2 heterocycles. The third-order valence-corrected chi connectivity index (χ3v) is 3.03. The molecule has 0 saturated carbocycles. The number of aromatic nitrogens is 2. The van der Waals surface area contributed by atoms with Crippen molar-refractivity contribution in [1.29, 1.82) is 0 Å². The first kappa shape index (κ1) is 9.52. The molecule has 0 atom stereocenters. The molecule has 2 rings (SSSR count). The molecule has 14 heavy (non-hydrogen) atoms. The molecule has 1 saturated heterocycles. The second kappa shape index (κ2) is 3.28. The fourth-order valence-electron chi connectivity index (χ4n) is 1.91. The SMILES string of the molecule is CCn1ccnc1N1CC(N)(CC)C1. The van der Waals surface area contributed by atoms with Gasteiger partial charge in [0.25, 0.3) is 0 Å². The van der Waals surface area contributed by atoms with E-state index in [2.05, 4.69) is 28.3 Å². The maximum Gasteiger partial charge on any atom is 0.205 e. The lowest BCUT2D eigenvalue weighted by Gasteiger charge is -2.47. The van der Waals surface area contributed by atoms with E-state index in [4.69, 9.17) is 5.73 Å². The summed E-state index contributed by atoms with van der Waals surface area (Å²) in [6.07, 6.45) is 4.90. The zero-order valence-corrected chi connectivity index (χ0v) is 8.90. The van der Waals surface area contributed by atoms with Gasteiger partial charge in [0, 0.05) is 32.0 Å². The average molecular weight is 194 g/mol. The number of imidazole rings is 1. The van der Waals surface area contributed by atoms with Gasteiger partial charge in [0.2, 0.25) is 5.95 Å². The topological polar surface area (TPSA) is 47.1 Å². The fraction of sp³-hybridized carbons (Fsp3) is 0.700. The minimum atomic E-state index is 0.0184. The van der Waals surface area contributed by atoms with E-state index in [-0.39, 0.29) is 5.54 Å². The molecule has 4 nitrogen and oxygen atoms in total. The van der Waals surface area contributed by atoms with Crippen LogP contribution in [0.4, 0.5) is 5.95 Å². The molecule has 1 aliphatic rings. The van der Waals surface area contributed by atoms with E-state index >= 15 is 0 Å². The average Bonchev–Trinajstić information content (AvgIpc) is 2.60. The Morgan fingerprint density at radius 1 is 1.50 bits per heavy atom. The second-order valence-electron chi connectivity index (χ2n) is 4.09. The Labute approximate surface area is 84.7 Å². The van der Waals surface area contributed by atoms with Crippen molar-refractivity contribution >= 4 is 5.95 Å². The third-order valence-electron chi connectivity index (χ3n) is 3.03. The van der Waals surface area contributed by atoms with Crippen LogP contribution in [0.5, 0.6) is 0 Å². The molecule has 78 valence electrons. The Balaban J connectivity index is 2.06. The molecular weight excluding hydrogens is 176 g/mol. The van der Waals surface area contributed by atoms with Crippen LogP contribution in [0.15, 0.2) is 12.4 Å². The largest absolute Gasteiger partial charge is 0.338 e. The molecule has 0 unspecified atom stereocenters. The number of anilines is 1. The summed E-state index contributed by atoms with van der Waals surface area (Å²) in [5, 5.41) is 0. The van der Waals surface area contributed by atoms with Crippen molar-refractivity contribution in [2.45, 2.75) is 32.4 Å². The summed E-state index contributed by atoms with van der Waals surface area (Å²) >= 11 is 0. The Morgan fingerprint density at radius 2 is 2.21 bits per heavy atom. The zero-order valence-electron chi connectivity index (χ0n) is 8.90. The molecule has 0 spiro atoms. The van der Waals surface area contributed by atoms with Gasteiger partial charge in [-0.1, -0.05) is 6.92 Å². The molecule has 4 heteroatoms. The molecule has 0 amide bonds. The molecule has 0 radical (unpaired) electrons. The summed E-state index contributed by atoms with van der Waals surface area (Å²) in [7, 11) is 0. The highest BCUT2D eigenvalue weighted by atomic mass is 15.4. The second-order valence-corrected chi connectivity index (χ2v) is 4.09. The summed E-state index contributed by atoms with van der Waals surface area (Å²) in [5.41, 5.74) is 6.13. The lowest BCUT2D eigenvalue weighted by molar-refractivity contribution is 0.315. The van der Waals surface area contributed by atoms with Gasteiger partial charge >= 0.3 is 0 Å². The monoisotopic (exact) mass is 194 g/mol. The maximum atomic E-state index is 6.11. The lowest BCUT2D eigenvalue weighted by Crippen LogP contribution is -2.67. The fourth-order valence-corrected chi connectivity index (χ4v) is 1.91. The third kappa shape index (κ3) is 1.39. The van der Waals surface area contributed by atoms with Gasteiger partial charge in [0.05, 0.1) is 5.54 Å². The van der Waals surface area contributed by atoms with Crippen LogP contribution < -0.4 is 10.6 Å². The van der Waals surface area contributed by atoms with Gasteiger partial charge in [-0.15, -0.1) is 0 Å². The van der Waals surface area contributed by atoms with E-state index < -0.39 is 0 Å². The van der Waals surface area contributed by atoms with Crippen LogP contribution in [0.3, 0.4) is 0 Å². The van der Waals surface area contributed by atoms with Crippen molar-refractivity contribution in [3.05, 3.63) is 12.4 Å². The van der Waals surface area contributed by atoms with Crippen LogP contribution in [0.2, 0.25) is 0 Å². The predicted molar refractivity (Wildman–Crippen MR) is 57.3 cm³/mol. The van der Waals surface area contributed by atoms with Gasteiger partial charge in [-0.3, -0.25) is 0 Å². The van der Waals surface area contributed by atoms with Crippen LogP contribution >= 0.6 is 0 Å². The Morgan fingerprint density at radius 3 is 2.79 bits per heavy atom. The van der Waals surface area contributed by atoms with E-state index in [9.17, 15) is 0 Å². The summed E-state index contributed by atoms with van der Waals surface area (Å²) in [6.45, 7) is 7.10. The number of aryl methyl sites for hydroxylation is 1. The highest BCUT2D eigenvalue weighted by Crippen LogP contribution is 2.26. The van der Waals surface area contributed by atoms with Crippen LogP contribution in [0.25, 0.3) is 0 Å². The zero-order chi connectivity index (χ0) is 10.2. The molecule has 1 fully saturated rings. The van der Waals surface area contributed by atoms with Crippen molar-refractivity contribution < 1.29 is 0 Å². The molecule has 0 aromatic carbocycles. The molecule has 0 aliphatic carbocycles. The first-order valence-corrected chi connectivity index (χ1v) is 5.23. The van der Waals surface area contributed by atoms with Crippen LogP contribution in [0, 0.1) is 0 Å². The maximum absolute atomic E-state index is 6.11. The van der Waals surface area contributed by atoms with Gasteiger partial charge < -0.3 is 15.2 Å². The Hall–Kier alpha value is -1.03. The summed E-state index contributed by atoms with van der Waals surface area (Å²) in [5.74, 6) is 1.06. The molecule has 2 N–H and O–H groups in total. The number of rotatable bonds is 3. The van der Waals surface area contributed by atoms with Gasteiger partial charge in [-0.05, 0) is 13.3 Å². The molecular formula is C10H18N4. The number of hydrogen-bond donors (Lipinski definition) is 1. The standard InChI is InChI=1S/C10H18N4/c1-3-10(11)7-14(8-10)9-12-5-6-13(9)4-2/h5-6H,3-4,7-8,11H2,1-2H3. The minimum absolute atomic E-state index is 0.0184. The van der Waals surface area contributed by atoms with Gasteiger partial charge in [-0.25, -0.2) is 4.98 Å². The Bertz CT molecular complexity index is 312. The van der Waals surface area contributed by atoms with E-state index in [1.807, 2.05) is 12.4 Å². The van der Waals surface area contributed by atoms with E-state index in [0.717, 1.165) is 32.0 Å². The van der Waals surface area contributed by atoms with Gasteiger partial charge in [0.15, 0.2) is 0 Å². The summed E-state index contributed by atoms with van der Waals surface area (Å²) in [6, 6.07) is 0. The number of nitrogens with two attached hydrogens (primary N) is 1. The van der Waals surface area contributed by atoms with Crippen molar-refractivity contribution in [2.24, 2.45) is 5.73 Å². The highest BCUT2D eigenvalue weighted by molar-refractivity contribution is 5.39. The smallest absolute Gasteiger partial charge is 0.205 e. The minimum Gasteiger partial charge on any atom is -0.338 e. The quantitative estimate of drug-likeness (QED) is 0.775. The van der Waals surface area contributed by atoms with Gasteiger partial charge in [-0.2, -0.15) is 0 Å². The summed E-state index contributed by atoms with van der Waals surface area (Å²) in [4.78, 5) is 6.59. The molecule has 1 aliphatic heterocycles. The predicted octanol–water partition coefficient (Wildman–Crippen LogP) is 0.830. The van der Waals surface area contributed by atoms with Crippen LogP contribution in [0.1, 0.15) is 20.3 Å². The molecule has 1 aromatic heterocycles.